The second kappa shape index (κ2) is 9.09. The van der Waals surface area contributed by atoms with Gasteiger partial charge in [0.05, 0.1) is 18.4 Å². The molecule has 0 spiro atoms. The van der Waals surface area contributed by atoms with Gasteiger partial charge in [-0.3, -0.25) is 4.79 Å². The van der Waals surface area contributed by atoms with Gasteiger partial charge in [-0.15, -0.1) is 0 Å². The van der Waals surface area contributed by atoms with Gasteiger partial charge in [0.25, 0.3) is 5.91 Å². The predicted octanol–water partition coefficient (Wildman–Crippen LogP) is 5.03. The van der Waals surface area contributed by atoms with Crippen LogP contribution in [-0.4, -0.2) is 24.0 Å². The van der Waals surface area contributed by atoms with Crippen LogP contribution >= 0.6 is 11.3 Å². The number of hydrogen-bond donors (Lipinski definition) is 2. The Labute approximate surface area is 180 Å². The first-order valence-electron chi connectivity index (χ1n) is 9.56. The van der Waals surface area contributed by atoms with E-state index in [9.17, 15) is 9.59 Å². The average Bonchev–Trinajstić information content (AvgIpc) is 3.09. The topological polar surface area (TPSA) is 80.3 Å². The molecule has 0 saturated carbocycles. The molecule has 1 aromatic heterocycles. The van der Waals surface area contributed by atoms with Gasteiger partial charge in [0.2, 0.25) is 0 Å². The van der Waals surface area contributed by atoms with E-state index in [0.717, 1.165) is 22.4 Å². The van der Waals surface area contributed by atoms with Crippen LogP contribution in [0.4, 0.5) is 10.8 Å². The second-order valence-corrected chi connectivity index (χ2v) is 8.20. The number of amides is 1. The lowest BCUT2D eigenvalue weighted by molar-refractivity contribution is 0.0600. The Morgan fingerprint density at radius 1 is 1.03 bits per heavy atom. The van der Waals surface area contributed by atoms with E-state index < -0.39 is 0 Å². The van der Waals surface area contributed by atoms with Gasteiger partial charge >= 0.3 is 5.97 Å². The van der Waals surface area contributed by atoms with Crippen molar-refractivity contribution in [2.75, 3.05) is 17.7 Å². The molecule has 0 aliphatic heterocycles. The van der Waals surface area contributed by atoms with Crippen molar-refractivity contribution in [3.63, 3.8) is 0 Å². The summed E-state index contributed by atoms with van der Waals surface area (Å²) in [6.45, 7) is 8.39. The number of thiazole rings is 1. The maximum atomic E-state index is 12.8. The summed E-state index contributed by atoms with van der Waals surface area (Å²) in [4.78, 5) is 29.4. The normalized spacial score (nSPS) is 10.6. The summed E-state index contributed by atoms with van der Waals surface area (Å²) in [7, 11) is 1.36. The summed E-state index contributed by atoms with van der Waals surface area (Å²) >= 11 is 1.32. The van der Waals surface area contributed by atoms with Gasteiger partial charge in [-0.2, -0.15) is 0 Å². The van der Waals surface area contributed by atoms with E-state index >= 15 is 0 Å². The van der Waals surface area contributed by atoms with Crippen LogP contribution in [0.15, 0.2) is 36.4 Å². The molecular formula is C23H25N3O3S. The van der Waals surface area contributed by atoms with Gasteiger partial charge in [0.15, 0.2) is 5.13 Å². The molecule has 1 amide bonds. The van der Waals surface area contributed by atoms with Crippen LogP contribution in [0, 0.1) is 27.7 Å². The highest BCUT2D eigenvalue weighted by atomic mass is 32.1. The highest BCUT2D eigenvalue weighted by Gasteiger charge is 2.17. The van der Waals surface area contributed by atoms with Crippen molar-refractivity contribution < 1.29 is 14.3 Å². The molecule has 0 radical (unpaired) electrons. The van der Waals surface area contributed by atoms with Crippen molar-refractivity contribution in [1.29, 1.82) is 0 Å². The first kappa shape index (κ1) is 21.5. The fraction of sp³-hybridized carbons (Fsp3) is 0.261. The van der Waals surface area contributed by atoms with Crippen molar-refractivity contribution >= 4 is 34.0 Å². The molecule has 30 heavy (non-hydrogen) atoms. The van der Waals surface area contributed by atoms with E-state index in [-0.39, 0.29) is 11.9 Å². The zero-order chi connectivity index (χ0) is 21.8. The average molecular weight is 424 g/mol. The number of anilines is 2. The largest absolute Gasteiger partial charge is 0.465 e. The number of aryl methyl sites for hydroxylation is 4. The van der Waals surface area contributed by atoms with E-state index in [1.165, 1.54) is 24.0 Å². The molecule has 0 saturated heterocycles. The molecule has 3 rings (SSSR count). The quantitative estimate of drug-likeness (QED) is 0.544. The van der Waals surface area contributed by atoms with Crippen LogP contribution in [0.25, 0.3) is 0 Å². The molecule has 7 heteroatoms. The molecule has 2 N–H and O–H groups in total. The molecule has 0 bridgehead atoms. The van der Waals surface area contributed by atoms with Crippen molar-refractivity contribution in [3.8, 4) is 0 Å². The van der Waals surface area contributed by atoms with Crippen LogP contribution in [-0.2, 0) is 11.3 Å². The third-order valence-electron chi connectivity index (χ3n) is 4.74. The molecule has 0 aliphatic carbocycles. The summed E-state index contributed by atoms with van der Waals surface area (Å²) < 4.78 is 4.71. The Balaban J connectivity index is 1.68. The van der Waals surface area contributed by atoms with Gasteiger partial charge in [-0.25, -0.2) is 9.78 Å². The molecule has 1 heterocycles. The summed E-state index contributed by atoms with van der Waals surface area (Å²) in [5.41, 5.74) is 6.28. The second-order valence-electron chi connectivity index (χ2n) is 7.20. The number of ether oxygens (including phenoxy) is 1. The minimum Gasteiger partial charge on any atom is -0.465 e. The van der Waals surface area contributed by atoms with Crippen LogP contribution < -0.4 is 10.6 Å². The molecular weight excluding hydrogens is 398 g/mol. The van der Waals surface area contributed by atoms with E-state index in [1.807, 2.05) is 39.8 Å². The molecule has 0 atom stereocenters. The van der Waals surface area contributed by atoms with Crippen LogP contribution in [0.1, 0.15) is 48.0 Å². The summed E-state index contributed by atoms with van der Waals surface area (Å²) in [6, 6.07) is 11.3. The van der Waals surface area contributed by atoms with E-state index in [4.69, 9.17) is 4.74 Å². The van der Waals surface area contributed by atoms with Gasteiger partial charge in [-0.05, 0) is 56.5 Å². The number of nitrogens with one attached hydrogen (secondary N) is 2. The Bertz CT molecular complexity index is 1060. The number of aromatic nitrogens is 1. The highest BCUT2D eigenvalue weighted by Crippen LogP contribution is 2.27. The number of hydrogen-bond acceptors (Lipinski definition) is 6. The number of carbonyl (C=O) groups is 2. The van der Waals surface area contributed by atoms with E-state index in [2.05, 4.69) is 27.8 Å². The van der Waals surface area contributed by atoms with Crippen molar-refractivity contribution in [1.82, 2.24) is 4.98 Å². The fourth-order valence-electron chi connectivity index (χ4n) is 3.28. The van der Waals surface area contributed by atoms with Crippen molar-refractivity contribution in [3.05, 3.63) is 74.8 Å². The van der Waals surface area contributed by atoms with E-state index in [0.29, 0.717) is 27.8 Å². The minimum atomic E-state index is -0.361. The van der Waals surface area contributed by atoms with Gasteiger partial charge in [0.1, 0.15) is 4.88 Å². The zero-order valence-corrected chi connectivity index (χ0v) is 18.6. The Morgan fingerprint density at radius 2 is 1.67 bits per heavy atom. The first-order chi connectivity index (χ1) is 14.3. The first-order valence-corrected chi connectivity index (χ1v) is 10.4. The lowest BCUT2D eigenvalue weighted by atomic mass is 10.1. The van der Waals surface area contributed by atoms with Crippen molar-refractivity contribution in [2.24, 2.45) is 0 Å². The third-order valence-corrected chi connectivity index (χ3v) is 5.85. The SMILES string of the molecule is COC(=O)c1ccc(CNc2nc(C)c(C(=O)Nc3c(C)cc(C)cc3C)s2)cc1. The Kier molecular flexibility index (Phi) is 6.52. The molecule has 0 unspecified atom stereocenters. The van der Waals surface area contributed by atoms with Gasteiger partial charge in [0, 0.05) is 12.2 Å². The molecule has 6 nitrogen and oxygen atoms in total. The maximum absolute atomic E-state index is 12.8. The number of carbonyl (C=O) groups excluding carboxylic acids is 2. The van der Waals surface area contributed by atoms with Crippen LogP contribution in [0.2, 0.25) is 0 Å². The van der Waals surface area contributed by atoms with Crippen LogP contribution in [0.5, 0.6) is 0 Å². The summed E-state index contributed by atoms with van der Waals surface area (Å²) in [5, 5.41) is 6.95. The molecule has 2 aromatic carbocycles. The summed E-state index contributed by atoms with van der Waals surface area (Å²) in [6.07, 6.45) is 0. The van der Waals surface area contributed by atoms with Gasteiger partial charge < -0.3 is 15.4 Å². The highest BCUT2D eigenvalue weighted by molar-refractivity contribution is 7.17. The Morgan fingerprint density at radius 3 is 2.27 bits per heavy atom. The Hall–Kier alpha value is -3.19. The molecule has 0 aliphatic rings. The van der Waals surface area contributed by atoms with Crippen molar-refractivity contribution in [2.45, 2.75) is 34.2 Å². The fourth-order valence-corrected chi connectivity index (χ4v) is 4.14. The number of methoxy groups -OCH3 is 1. The monoisotopic (exact) mass is 423 g/mol. The molecule has 156 valence electrons. The third kappa shape index (κ3) is 4.86. The summed E-state index contributed by atoms with van der Waals surface area (Å²) in [5.74, 6) is -0.518. The standard InChI is InChI=1S/C23H25N3O3S/c1-13-10-14(2)19(15(3)11-13)26-21(27)20-16(4)25-23(30-20)24-12-17-6-8-18(9-7-17)22(28)29-5/h6-11H,12H2,1-5H3,(H,24,25)(H,26,27). The zero-order valence-electron chi connectivity index (χ0n) is 17.8. The number of esters is 1. The lowest BCUT2D eigenvalue weighted by Gasteiger charge is -2.12. The number of nitrogens with zero attached hydrogens (tertiary/aromatic N) is 1. The minimum absolute atomic E-state index is 0.157. The van der Waals surface area contributed by atoms with Crippen LogP contribution in [0.3, 0.4) is 0 Å². The number of benzene rings is 2. The lowest BCUT2D eigenvalue weighted by Crippen LogP contribution is -2.13. The van der Waals surface area contributed by atoms with E-state index in [1.54, 1.807) is 12.1 Å². The van der Waals surface area contributed by atoms with Gasteiger partial charge in [-0.1, -0.05) is 41.2 Å². The number of rotatable bonds is 6. The predicted molar refractivity (Wildman–Crippen MR) is 121 cm³/mol. The molecule has 3 aromatic rings. The molecule has 0 fully saturated rings. The smallest absolute Gasteiger partial charge is 0.337 e. The maximum Gasteiger partial charge on any atom is 0.337 e.